The molecule has 1 saturated heterocycles. The molecule has 0 aromatic heterocycles. The largest absolute Gasteiger partial charge is 0.345 e. The number of nitrogens with one attached hydrogen (secondary N) is 2. The molecule has 112 valence electrons. The van der Waals surface area contributed by atoms with Crippen LogP contribution in [0.5, 0.6) is 0 Å². The number of hydrogen-bond donors (Lipinski definition) is 2. The molecule has 0 unspecified atom stereocenters. The van der Waals surface area contributed by atoms with Crippen LogP contribution in [-0.2, 0) is 9.59 Å². The van der Waals surface area contributed by atoms with Gasteiger partial charge in [0.05, 0.1) is 13.1 Å². The van der Waals surface area contributed by atoms with Crippen molar-refractivity contribution >= 4 is 17.7 Å². The summed E-state index contributed by atoms with van der Waals surface area (Å²) in [4.78, 5) is 36.8. The number of carbonyl (C=O) groups excluding carboxylic acids is 3. The van der Waals surface area contributed by atoms with E-state index in [1.165, 1.54) is 0 Å². The van der Waals surface area contributed by atoms with Gasteiger partial charge in [-0.15, -0.1) is 0 Å². The lowest BCUT2D eigenvalue weighted by Crippen LogP contribution is -2.42. The zero-order valence-corrected chi connectivity index (χ0v) is 11.8. The summed E-state index contributed by atoms with van der Waals surface area (Å²) in [5.74, 6) is -0.751. The molecule has 1 aliphatic heterocycles. The highest BCUT2D eigenvalue weighted by molar-refractivity contribution is 5.96. The van der Waals surface area contributed by atoms with E-state index in [0.717, 1.165) is 25.9 Å². The molecule has 3 amide bonds. The van der Waals surface area contributed by atoms with Gasteiger partial charge in [-0.05, 0) is 25.0 Å². The lowest BCUT2D eigenvalue weighted by Gasteiger charge is -2.15. The average Bonchev–Trinajstić information content (AvgIpc) is 3.05. The van der Waals surface area contributed by atoms with Crippen LogP contribution in [0.1, 0.15) is 23.2 Å². The van der Waals surface area contributed by atoms with Crippen molar-refractivity contribution in [3.8, 4) is 0 Å². The van der Waals surface area contributed by atoms with Gasteiger partial charge in [0.2, 0.25) is 11.8 Å². The van der Waals surface area contributed by atoms with Gasteiger partial charge in [-0.3, -0.25) is 14.4 Å². The van der Waals surface area contributed by atoms with Crippen molar-refractivity contribution in [1.29, 1.82) is 0 Å². The molecule has 6 nitrogen and oxygen atoms in total. The van der Waals surface area contributed by atoms with Crippen LogP contribution >= 0.6 is 0 Å². The Labute approximate surface area is 123 Å². The van der Waals surface area contributed by atoms with E-state index in [0.29, 0.717) is 5.56 Å². The fourth-order valence-corrected chi connectivity index (χ4v) is 2.17. The smallest absolute Gasteiger partial charge is 0.251 e. The van der Waals surface area contributed by atoms with Gasteiger partial charge in [0.15, 0.2) is 0 Å². The standard InChI is InChI=1S/C15H19N3O3/c19-13(16-11-14(20)18-8-4-5-9-18)10-17-15(21)12-6-2-1-3-7-12/h1-3,6-7H,4-5,8-11H2,(H,16,19)(H,17,21). The Balaban J connectivity index is 1.67. The molecule has 21 heavy (non-hydrogen) atoms. The molecular weight excluding hydrogens is 270 g/mol. The highest BCUT2D eigenvalue weighted by atomic mass is 16.2. The minimum atomic E-state index is -0.369. The molecule has 0 spiro atoms. The van der Waals surface area contributed by atoms with Crippen molar-refractivity contribution in [2.24, 2.45) is 0 Å². The number of nitrogens with zero attached hydrogens (tertiary/aromatic N) is 1. The topological polar surface area (TPSA) is 78.5 Å². The summed E-state index contributed by atoms with van der Waals surface area (Å²) in [5.41, 5.74) is 0.499. The summed E-state index contributed by atoms with van der Waals surface area (Å²) >= 11 is 0. The summed E-state index contributed by atoms with van der Waals surface area (Å²) in [6.07, 6.45) is 2.04. The summed E-state index contributed by atoms with van der Waals surface area (Å²) in [6.45, 7) is 1.37. The summed E-state index contributed by atoms with van der Waals surface area (Å²) < 4.78 is 0. The Bertz CT molecular complexity index is 510. The summed E-state index contributed by atoms with van der Waals surface area (Å²) in [6, 6.07) is 8.66. The van der Waals surface area contributed by atoms with Crippen molar-refractivity contribution in [3.63, 3.8) is 0 Å². The Morgan fingerprint density at radius 1 is 0.952 bits per heavy atom. The molecule has 1 heterocycles. The molecule has 0 atom stereocenters. The van der Waals surface area contributed by atoms with Crippen molar-refractivity contribution in [2.45, 2.75) is 12.8 Å². The highest BCUT2D eigenvalue weighted by Gasteiger charge is 2.18. The van der Waals surface area contributed by atoms with E-state index in [4.69, 9.17) is 0 Å². The number of carbonyl (C=O) groups is 3. The Morgan fingerprint density at radius 3 is 2.29 bits per heavy atom. The number of benzene rings is 1. The van der Waals surface area contributed by atoms with Crippen LogP contribution in [0.25, 0.3) is 0 Å². The van der Waals surface area contributed by atoms with Gasteiger partial charge in [0, 0.05) is 18.7 Å². The Hall–Kier alpha value is -2.37. The van der Waals surface area contributed by atoms with Crippen LogP contribution < -0.4 is 10.6 Å². The third-order valence-electron chi connectivity index (χ3n) is 3.34. The zero-order chi connectivity index (χ0) is 15.1. The Kier molecular flexibility index (Phi) is 5.31. The molecule has 0 saturated carbocycles. The molecule has 1 aromatic rings. The monoisotopic (exact) mass is 289 g/mol. The molecule has 0 aliphatic carbocycles. The zero-order valence-electron chi connectivity index (χ0n) is 11.8. The lowest BCUT2D eigenvalue weighted by molar-refractivity contribution is -0.131. The quantitative estimate of drug-likeness (QED) is 0.810. The van der Waals surface area contributed by atoms with Crippen molar-refractivity contribution in [3.05, 3.63) is 35.9 Å². The second-order valence-corrected chi connectivity index (χ2v) is 4.91. The van der Waals surface area contributed by atoms with E-state index in [-0.39, 0.29) is 30.8 Å². The first-order valence-corrected chi connectivity index (χ1v) is 7.04. The third-order valence-corrected chi connectivity index (χ3v) is 3.34. The number of hydrogen-bond acceptors (Lipinski definition) is 3. The summed E-state index contributed by atoms with van der Waals surface area (Å²) in [7, 11) is 0. The number of amides is 3. The van der Waals surface area contributed by atoms with Crippen LogP contribution in [0.2, 0.25) is 0 Å². The van der Waals surface area contributed by atoms with E-state index >= 15 is 0 Å². The van der Waals surface area contributed by atoms with E-state index in [9.17, 15) is 14.4 Å². The maximum atomic E-state index is 11.7. The van der Waals surface area contributed by atoms with Crippen LogP contribution in [0.15, 0.2) is 30.3 Å². The number of rotatable bonds is 5. The van der Waals surface area contributed by atoms with Crippen LogP contribution in [0.4, 0.5) is 0 Å². The van der Waals surface area contributed by atoms with Gasteiger partial charge >= 0.3 is 0 Å². The minimum Gasteiger partial charge on any atom is -0.345 e. The van der Waals surface area contributed by atoms with Crippen LogP contribution in [0.3, 0.4) is 0 Å². The van der Waals surface area contributed by atoms with Gasteiger partial charge in [0.25, 0.3) is 5.91 Å². The van der Waals surface area contributed by atoms with E-state index in [1.807, 2.05) is 6.07 Å². The molecule has 1 aromatic carbocycles. The number of likely N-dealkylation sites (tertiary alicyclic amines) is 1. The minimum absolute atomic E-state index is 0.0138. The third kappa shape index (κ3) is 4.59. The maximum absolute atomic E-state index is 11.7. The molecule has 2 N–H and O–H groups in total. The molecule has 6 heteroatoms. The first-order chi connectivity index (χ1) is 10.2. The van der Waals surface area contributed by atoms with Gasteiger partial charge in [0.1, 0.15) is 0 Å². The molecule has 2 rings (SSSR count). The van der Waals surface area contributed by atoms with Crippen molar-refractivity contribution < 1.29 is 14.4 Å². The molecule has 1 aliphatic rings. The second kappa shape index (κ2) is 7.42. The molecule has 0 bridgehead atoms. The van der Waals surface area contributed by atoms with E-state index in [2.05, 4.69) is 10.6 Å². The second-order valence-electron chi connectivity index (χ2n) is 4.91. The lowest BCUT2D eigenvalue weighted by atomic mass is 10.2. The van der Waals surface area contributed by atoms with Gasteiger partial charge < -0.3 is 15.5 Å². The van der Waals surface area contributed by atoms with Gasteiger partial charge in [-0.1, -0.05) is 18.2 Å². The van der Waals surface area contributed by atoms with Crippen LogP contribution in [-0.4, -0.2) is 48.8 Å². The van der Waals surface area contributed by atoms with E-state index in [1.54, 1.807) is 29.2 Å². The SMILES string of the molecule is O=C(CNC(=O)c1ccccc1)NCC(=O)N1CCCC1. The first kappa shape index (κ1) is 15.0. The molecule has 1 fully saturated rings. The predicted octanol–water partition coefficient (Wildman–Crippen LogP) is 0.155. The van der Waals surface area contributed by atoms with Crippen molar-refractivity contribution in [2.75, 3.05) is 26.2 Å². The maximum Gasteiger partial charge on any atom is 0.251 e. The molecule has 0 radical (unpaired) electrons. The van der Waals surface area contributed by atoms with Crippen LogP contribution in [0, 0.1) is 0 Å². The van der Waals surface area contributed by atoms with E-state index < -0.39 is 0 Å². The van der Waals surface area contributed by atoms with Crippen molar-refractivity contribution in [1.82, 2.24) is 15.5 Å². The normalized spacial score (nSPS) is 13.8. The Morgan fingerprint density at radius 2 is 1.62 bits per heavy atom. The van der Waals surface area contributed by atoms with Gasteiger partial charge in [-0.2, -0.15) is 0 Å². The molecular formula is C15H19N3O3. The fourth-order valence-electron chi connectivity index (χ4n) is 2.17. The first-order valence-electron chi connectivity index (χ1n) is 7.04. The fraction of sp³-hybridized carbons (Fsp3) is 0.400. The summed E-state index contributed by atoms with van der Waals surface area (Å²) in [5, 5.41) is 5.04. The highest BCUT2D eigenvalue weighted by Crippen LogP contribution is 2.06. The van der Waals surface area contributed by atoms with Gasteiger partial charge in [-0.25, -0.2) is 0 Å². The average molecular weight is 289 g/mol. The predicted molar refractivity (Wildman–Crippen MR) is 77.6 cm³/mol.